The number of nitrogens with one attached hydrogen (secondary N) is 1. The van der Waals surface area contributed by atoms with Gasteiger partial charge in [0.1, 0.15) is 4.21 Å². The number of hydrogen-bond acceptors (Lipinski definition) is 5. The molecule has 0 spiro atoms. The first-order valence-electron chi connectivity index (χ1n) is 7.38. The average Bonchev–Trinajstić information content (AvgIpc) is 3.24. The van der Waals surface area contributed by atoms with E-state index in [4.69, 9.17) is 5.14 Å². The highest BCUT2D eigenvalue weighted by Crippen LogP contribution is 2.20. The Balaban J connectivity index is 1.58. The molecular weight excluding hydrogens is 360 g/mol. The van der Waals surface area contributed by atoms with E-state index in [0.717, 1.165) is 16.9 Å². The molecule has 0 fully saturated rings. The van der Waals surface area contributed by atoms with Crippen LogP contribution in [0.15, 0.2) is 59.1 Å². The molecule has 3 rings (SSSR count). The molecule has 0 saturated carbocycles. The highest BCUT2D eigenvalue weighted by molar-refractivity contribution is 7.91. The number of primary sulfonamides is 1. The highest BCUT2D eigenvalue weighted by Gasteiger charge is 2.12. The van der Waals surface area contributed by atoms with Crippen LogP contribution in [0.2, 0.25) is 0 Å². The quantitative estimate of drug-likeness (QED) is 0.681. The van der Waals surface area contributed by atoms with Gasteiger partial charge >= 0.3 is 0 Å². The van der Waals surface area contributed by atoms with E-state index < -0.39 is 10.0 Å². The SMILES string of the molecule is NS(=O)(=O)c1ccc(CNC(=O)c2ccc(Cn3cccn3)cc2)s1. The smallest absolute Gasteiger partial charge is 0.251 e. The molecule has 0 unspecified atom stereocenters. The van der Waals surface area contributed by atoms with Gasteiger partial charge in [-0.1, -0.05) is 12.1 Å². The zero-order valence-corrected chi connectivity index (χ0v) is 14.8. The van der Waals surface area contributed by atoms with Crippen molar-refractivity contribution in [2.24, 2.45) is 5.14 Å². The van der Waals surface area contributed by atoms with Crippen molar-refractivity contribution in [2.45, 2.75) is 17.3 Å². The van der Waals surface area contributed by atoms with Crippen LogP contribution in [0.4, 0.5) is 0 Å². The maximum absolute atomic E-state index is 12.2. The second-order valence-electron chi connectivity index (χ2n) is 5.35. The number of thiophene rings is 1. The van der Waals surface area contributed by atoms with Crippen molar-refractivity contribution in [3.05, 3.63) is 70.9 Å². The fourth-order valence-electron chi connectivity index (χ4n) is 2.22. The van der Waals surface area contributed by atoms with Crippen LogP contribution in [-0.4, -0.2) is 24.1 Å². The zero-order chi connectivity index (χ0) is 17.9. The number of rotatable bonds is 6. The molecule has 9 heteroatoms. The van der Waals surface area contributed by atoms with Crippen LogP contribution in [0.5, 0.6) is 0 Å². The molecule has 0 bridgehead atoms. The first-order chi connectivity index (χ1) is 11.9. The monoisotopic (exact) mass is 376 g/mol. The molecule has 0 radical (unpaired) electrons. The molecule has 7 nitrogen and oxygen atoms in total. The molecule has 1 aromatic carbocycles. The third-order valence-electron chi connectivity index (χ3n) is 3.46. The maximum atomic E-state index is 12.2. The molecule has 2 aromatic heterocycles. The molecule has 2 heterocycles. The minimum atomic E-state index is -3.70. The second kappa shape index (κ2) is 7.18. The summed E-state index contributed by atoms with van der Waals surface area (Å²) in [5.41, 5.74) is 1.57. The first kappa shape index (κ1) is 17.3. The van der Waals surface area contributed by atoms with E-state index in [-0.39, 0.29) is 16.7 Å². The Kier molecular flexibility index (Phi) is 4.98. The Morgan fingerprint density at radius 1 is 1.20 bits per heavy atom. The third kappa shape index (κ3) is 4.53. The summed E-state index contributed by atoms with van der Waals surface area (Å²) in [5, 5.41) is 12.0. The van der Waals surface area contributed by atoms with Gasteiger partial charge in [-0.2, -0.15) is 5.10 Å². The van der Waals surface area contributed by atoms with Crippen molar-refractivity contribution in [1.82, 2.24) is 15.1 Å². The molecule has 3 aromatic rings. The van der Waals surface area contributed by atoms with Crippen LogP contribution in [0.1, 0.15) is 20.8 Å². The van der Waals surface area contributed by atoms with Gasteiger partial charge in [-0.3, -0.25) is 9.48 Å². The third-order valence-corrected chi connectivity index (χ3v) is 5.98. The lowest BCUT2D eigenvalue weighted by atomic mass is 10.1. The maximum Gasteiger partial charge on any atom is 0.251 e. The fourth-order valence-corrected chi connectivity index (χ4v) is 3.94. The predicted molar refractivity (Wildman–Crippen MR) is 94.6 cm³/mol. The molecule has 130 valence electrons. The van der Waals surface area contributed by atoms with E-state index >= 15 is 0 Å². The van der Waals surface area contributed by atoms with Crippen molar-refractivity contribution < 1.29 is 13.2 Å². The zero-order valence-electron chi connectivity index (χ0n) is 13.1. The largest absolute Gasteiger partial charge is 0.347 e. The standard InChI is InChI=1S/C16H16N4O3S2/c17-25(22,23)15-7-6-14(24-15)10-18-16(21)13-4-2-12(3-5-13)11-20-9-1-8-19-20/h1-9H,10-11H2,(H,18,21)(H2,17,22,23). The number of carbonyl (C=O) groups excluding carboxylic acids is 1. The number of nitrogens with zero attached hydrogens (tertiary/aromatic N) is 2. The number of benzene rings is 1. The lowest BCUT2D eigenvalue weighted by Gasteiger charge is -2.06. The highest BCUT2D eigenvalue weighted by atomic mass is 32.2. The van der Waals surface area contributed by atoms with Crippen LogP contribution in [0.3, 0.4) is 0 Å². The molecular formula is C16H16N4O3S2. The van der Waals surface area contributed by atoms with E-state index in [1.807, 2.05) is 24.4 Å². The van der Waals surface area contributed by atoms with Gasteiger partial charge in [-0.25, -0.2) is 13.6 Å². The van der Waals surface area contributed by atoms with Crippen LogP contribution in [0.25, 0.3) is 0 Å². The van der Waals surface area contributed by atoms with Crippen LogP contribution in [-0.2, 0) is 23.1 Å². The van der Waals surface area contributed by atoms with E-state index in [0.29, 0.717) is 17.0 Å². The van der Waals surface area contributed by atoms with E-state index in [9.17, 15) is 13.2 Å². The Bertz CT molecular complexity index is 961. The average molecular weight is 376 g/mol. The number of carbonyl (C=O) groups is 1. The van der Waals surface area contributed by atoms with Gasteiger partial charge in [0.05, 0.1) is 13.1 Å². The second-order valence-corrected chi connectivity index (χ2v) is 8.31. The number of hydrogen-bond donors (Lipinski definition) is 2. The number of aromatic nitrogens is 2. The van der Waals surface area contributed by atoms with Crippen molar-refractivity contribution in [3.8, 4) is 0 Å². The lowest BCUT2D eigenvalue weighted by Crippen LogP contribution is -2.22. The Morgan fingerprint density at radius 2 is 1.96 bits per heavy atom. The number of amides is 1. The molecule has 1 amide bonds. The van der Waals surface area contributed by atoms with Gasteiger partial charge < -0.3 is 5.32 Å². The Labute approximate surface area is 149 Å². The van der Waals surface area contributed by atoms with Crippen molar-refractivity contribution in [1.29, 1.82) is 0 Å². The summed E-state index contributed by atoms with van der Waals surface area (Å²) in [5.74, 6) is -0.226. The van der Waals surface area contributed by atoms with Gasteiger partial charge in [0.2, 0.25) is 10.0 Å². The normalized spacial score (nSPS) is 11.4. The summed E-state index contributed by atoms with van der Waals surface area (Å²) in [6.45, 7) is 0.883. The molecule has 3 N–H and O–H groups in total. The van der Waals surface area contributed by atoms with Crippen LogP contribution >= 0.6 is 11.3 Å². The fraction of sp³-hybridized carbons (Fsp3) is 0.125. The van der Waals surface area contributed by atoms with Gasteiger partial charge in [-0.15, -0.1) is 11.3 Å². The van der Waals surface area contributed by atoms with Gasteiger partial charge in [-0.05, 0) is 35.9 Å². The van der Waals surface area contributed by atoms with E-state index in [1.165, 1.54) is 6.07 Å². The number of sulfonamides is 1. The lowest BCUT2D eigenvalue weighted by molar-refractivity contribution is 0.0951. The van der Waals surface area contributed by atoms with Crippen molar-refractivity contribution in [3.63, 3.8) is 0 Å². The molecule has 0 saturated heterocycles. The molecule has 0 aliphatic carbocycles. The Morgan fingerprint density at radius 3 is 2.56 bits per heavy atom. The Hall–Kier alpha value is -2.49. The van der Waals surface area contributed by atoms with E-state index in [1.54, 1.807) is 29.1 Å². The van der Waals surface area contributed by atoms with E-state index in [2.05, 4.69) is 10.4 Å². The summed E-state index contributed by atoms with van der Waals surface area (Å²) in [4.78, 5) is 12.9. The first-order valence-corrected chi connectivity index (χ1v) is 9.74. The molecule has 0 atom stereocenters. The van der Waals surface area contributed by atoms with Gasteiger partial charge in [0, 0.05) is 22.8 Å². The minimum absolute atomic E-state index is 0.0831. The van der Waals surface area contributed by atoms with Gasteiger partial charge in [0.25, 0.3) is 5.91 Å². The summed E-state index contributed by atoms with van der Waals surface area (Å²) in [6.07, 6.45) is 3.59. The topological polar surface area (TPSA) is 107 Å². The summed E-state index contributed by atoms with van der Waals surface area (Å²) < 4.78 is 24.4. The van der Waals surface area contributed by atoms with Crippen molar-refractivity contribution >= 4 is 27.3 Å². The summed E-state index contributed by atoms with van der Waals surface area (Å²) in [6, 6.07) is 12.2. The van der Waals surface area contributed by atoms with Crippen LogP contribution in [0, 0.1) is 0 Å². The number of nitrogens with two attached hydrogens (primary N) is 1. The summed E-state index contributed by atoms with van der Waals surface area (Å²) in [7, 11) is -3.70. The minimum Gasteiger partial charge on any atom is -0.347 e. The summed E-state index contributed by atoms with van der Waals surface area (Å²) >= 11 is 1.04. The predicted octanol–water partition coefficient (Wildman–Crippen LogP) is 1.57. The molecule has 0 aliphatic rings. The van der Waals surface area contributed by atoms with Crippen LogP contribution < -0.4 is 10.5 Å². The van der Waals surface area contributed by atoms with Crippen molar-refractivity contribution in [2.75, 3.05) is 0 Å². The molecule has 25 heavy (non-hydrogen) atoms. The van der Waals surface area contributed by atoms with Gasteiger partial charge in [0.15, 0.2) is 0 Å². The molecule has 0 aliphatic heterocycles.